The van der Waals surface area contributed by atoms with Crippen molar-refractivity contribution in [2.75, 3.05) is 72.5 Å². The molecule has 82 heavy (non-hydrogen) atoms. The molecule has 0 aromatic rings. The van der Waals surface area contributed by atoms with E-state index in [1.165, 1.54) is 0 Å². The Kier molecular flexibility index (Phi) is 44.5. The highest BCUT2D eigenvalue weighted by molar-refractivity contribution is 5.88. The van der Waals surface area contributed by atoms with Crippen molar-refractivity contribution in [3.05, 3.63) is 0 Å². The Morgan fingerprint density at radius 3 is 0.890 bits per heavy atom. The number of rotatable bonds is 55. The van der Waals surface area contributed by atoms with Crippen LogP contribution in [-0.4, -0.2) is 204 Å². The quantitative estimate of drug-likeness (QED) is 0.0362. The molecule has 0 aliphatic heterocycles. The van der Waals surface area contributed by atoms with Gasteiger partial charge in [0.15, 0.2) is 0 Å². The van der Waals surface area contributed by atoms with Gasteiger partial charge in [0.2, 0.25) is 41.4 Å². The molecule has 13 N–H and O–H groups in total. The summed E-state index contributed by atoms with van der Waals surface area (Å²) in [7, 11) is 0. The molecule has 0 aromatic carbocycles. The van der Waals surface area contributed by atoms with E-state index < -0.39 is 140 Å². The highest BCUT2D eigenvalue weighted by Gasteiger charge is 2.27. The van der Waals surface area contributed by atoms with Crippen molar-refractivity contribution in [1.82, 2.24) is 37.2 Å². The minimum Gasteiger partial charge on any atom is -0.481 e. The van der Waals surface area contributed by atoms with Crippen LogP contribution in [0.2, 0.25) is 0 Å². The summed E-state index contributed by atoms with van der Waals surface area (Å²) in [4.78, 5) is 154. The van der Waals surface area contributed by atoms with Gasteiger partial charge in [0.1, 0.15) is 43.9 Å². The van der Waals surface area contributed by atoms with Crippen LogP contribution in [0.3, 0.4) is 0 Å². The molecule has 468 valence electrons. The minimum atomic E-state index is -1.67. The molecule has 4 atom stereocenters. The van der Waals surface area contributed by atoms with Crippen LogP contribution in [0.15, 0.2) is 0 Å². The average Bonchev–Trinajstić information content (AvgIpc) is 3.42. The molecule has 30 heteroatoms. The SMILES string of the molecule is O=C(O)CCCCCCCCCCCCCCCCC(=O)N[C@@H](CCC(=O)N[C@H](CCC(=O)N[C@@H](CCC(=O)N[C@H](CCC(=O)NCCOCCOCC(=O)NCCOCCOCC(=O)NCC(=O)O)C(=O)O)C(=O)O)C(=O)O)C(=O)O. The number of carboxylic acid groups (broad SMARTS) is 6. The first-order valence-corrected chi connectivity index (χ1v) is 27.7. The van der Waals surface area contributed by atoms with Crippen molar-refractivity contribution in [1.29, 1.82) is 0 Å². The summed E-state index contributed by atoms with van der Waals surface area (Å²) in [5, 5.41) is 71.8. The zero-order valence-electron chi connectivity index (χ0n) is 46.7. The predicted molar refractivity (Wildman–Crippen MR) is 287 cm³/mol. The maximum absolute atomic E-state index is 12.7. The summed E-state index contributed by atoms with van der Waals surface area (Å²) < 4.78 is 20.8. The zero-order valence-corrected chi connectivity index (χ0v) is 46.7. The lowest BCUT2D eigenvalue weighted by Gasteiger charge is -2.18. The summed E-state index contributed by atoms with van der Waals surface area (Å²) in [5.74, 6) is -12.8. The normalized spacial score (nSPS) is 12.3. The lowest BCUT2D eigenvalue weighted by molar-refractivity contribution is -0.144. The van der Waals surface area contributed by atoms with E-state index in [0.717, 1.165) is 83.5 Å². The number of ether oxygens (including phenoxy) is 4. The van der Waals surface area contributed by atoms with Crippen LogP contribution >= 0.6 is 0 Å². The fourth-order valence-corrected chi connectivity index (χ4v) is 7.54. The van der Waals surface area contributed by atoms with Gasteiger partial charge in [0.25, 0.3) is 0 Å². The summed E-state index contributed by atoms with van der Waals surface area (Å²) in [6, 6.07) is -6.28. The minimum absolute atomic E-state index is 0.0329. The molecule has 0 aliphatic rings. The van der Waals surface area contributed by atoms with E-state index in [4.69, 9.17) is 29.2 Å². The van der Waals surface area contributed by atoms with Gasteiger partial charge in [-0.2, -0.15) is 0 Å². The van der Waals surface area contributed by atoms with Crippen LogP contribution in [0.5, 0.6) is 0 Å². The Morgan fingerprint density at radius 1 is 0.280 bits per heavy atom. The Morgan fingerprint density at radius 2 is 0.561 bits per heavy atom. The molecule has 0 radical (unpaired) electrons. The third kappa shape index (κ3) is 45.7. The largest absolute Gasteiger partial charge is 0.481 e. The van der Waals surface area contributed by atoms with Gasteiger partial charge < -0.3 is 86.8 Å². The maximum Gasteiger partial charge on any atom is 0.326 e. The molecule has 0 aromatic heterocycles. The van der Waals surface area contributed by atoms with Crippen molar-refractivity contribution in [3.63, 3.8) is 0 Å². The molecule has 0 heterocycles. The van der Waals surface area contributed by atoms with Gasteiger partial charge in [-0.25, -0.2) is 19.2 Å². The lowest BCUT2D eigenvalue weighted by Crippen LogP contribution is -2.45. The van der Waals surface area contributed by atoms with Crippen LogP contribution in [0.1, 0.15) is 154 Å². The number of carbonyl (C=O) groups excluding carboxylic acids is 7. The van der Waals surface area contributed by atoms with E-state index >= 15 is 0 Å². The average molecular weight is 1180 g/mol. The number of hydrogen-bond donors (Lipinski definition) is 13. The second-order valence-electron chi connectivity index (χ2n) is 19.0. The van der Waals surface area contributed by atoms with Gasteiger partial charge in [-0.15, -0.1) is 0 Å². The number of amides is 7. The first kappa shape index (κ1) is 75.0. The number of aliphatic carboxylic acids is 6. The van der Waals surface area contributed by atoms with Gasteiger partial charge in [-0.1, -0.05) is 77.0 Å². The Hall–Kier alpha value is -7.05. The van der Waals surface area contributed by atoms with Crippen molar-refractivity contribution >= 4 is 77.2 Å². The number of hydrogen-bond acceptors (Lipinski definition) is 17. The first-order valence-electron chi connectivity index (χ1n) is 27.7. The molecule has 7 amide bonds. The van der Waals surface area contributed by atoms with E-state index in [0.29, 0.717) is 6.42 Å². The predicted octanol–water partition coefficient (Wildman–Crippen LogP) is 0.211. The summed E-state index contributed by atoms with van der Waals surface area (Å²) in [5.41, 5.74) is 0. The second-order valence-corrected chi connectivity index (χ2v) is 19.0. The Balaban J connectivity index is 4.40. The number of unbranched alkanes of at least 4 members (excludes halogenated alkanes) is 13. The number of nitrogens with one attached hydrogen (secondary N) is 7. The van der Waals surface area contributed by atoms with E-state index in [9.17, 15) is 82.8 Å². The Labute approximate surface area is 476 Å². The van der Waals surface area contributed by atoms with Crippen molar-refractivity contribution in [2.24, 2.45) is 0 Å². The van der Waals surface area contributed by atoms with Gasteiger partial charge in [-0.3, -0.25) is 43.2 Å². The summed E-state index contributed by atoms with van der Waals surface area (Å²) in [6.07, 6.45) is 10.5. The van der Waals surface area contributed by atoms with Crippen LogP contribution in [0.25, 0.3) is 0 Å². The van der Waals surface area contributed by atoms with Crippen molar-refractivity contribution in [2.45, 2.75) is 178 Å². The third-order valence-electron chi connectivity index (χ3n) is 12.0. The molecule has 0 aliphatic carbocycles. The molecule has 0 rings (SSSR count). The third-order valence-corrected chi connectivity index (χ3v) is 12.0. The van der Waals surface area contributed by atoms with E-state index in [-0.39, 0.29) is 98.0 Å². The Bertz CT molecular complexity index is 1980. The van der Waals surface area contributed by atoms with Gasteiger partial charge >= 0.3 is 35.8 Å². The van der Waals surface area contributed by atoms with E-state index in [1.54, 1.807) is 0 Å². The summed E-state index contributed by atoms with van der Waals surface area (Å²) in [6.45, 7) is -0.393. The fourth-order valence-electron chi connectivity index (χ4n) is 7.54. The molecular weight excluding hydrogens is 1090 g/mol. The molecular formula is C52H87N7O23. The summed E-state index contributed by atoms with van der Waals surface area (Å²) >= 11 is 0. The van der Waals surface area contributed by atoms with Crippen LogP contribution < -0.4 is 37.2 Å². The number of carbonyl (C=O) groups is 13. The molecule has 0 fully saturated rings. The van der Waals surface area contributed by atoms with Gasteiger partial charge in [-0.05, 0) is 38.5 Å². The van der Waals surface area contributed by atoms with E-state index in [1.807, 2.05) is 0 Å². The maximum atomic E-state index is 12.7. The molecule has 0 saturated heterocycles. The highest BCUT2D eigenvalue weighted by atomic mass is 16.5. The molecule has 0 bridgehead atoms. The molecule has 0 unspecified atom stereocenters. The first-order chi connectivity index (χ1) is 39.1. The smallest absolute Gasteiger partial charge is 0.326 e. The highest BCUT2D eigenvalue weighted by Crippen LogP contribution is 2.14. The standard InChI is InChI=1S/C52H87N7O23/c60-40(53-25-27-79-29-31-81-34-45(65)54-26-28-80-30-32-82-35-46(66)55-33-48(69)70)21-17-36(49(71)72)57-42(62)23-19-38(51(75)76)59-44(64)24-20-39(52(77)78)58-43(63)22-18-37(50(73)74)56-41(61)15-13-11-9-7-5-3-1-2-4-6-8-10-12-14-16-47(67)68/h36-39H,1-35H2,(H,53,60)(H,54,65)(H,55,66)(H,56,61)(H,57,62)(H,58,63)(H,59,64)(H,67,68)(H,69,70)(H,71,72)(H,73,74)(H,75,76)(H,77,78)/t36-,37+,38+,39-/m1/s1. The lowest BCUT2D eigenvalue weighted by atomic mass is 10.0. The fraction of sp³-hybridized carbons (Fsp3) is 0.750. The topological polar surface area (TPSA) is 464 Å². The van der Waals surface area contributed by atoms with E-state index in [2.05, 4.69) is 37.2 Å². The molecule has 0 spiro atoms. The van der Waals surface area contributed by atoms with Crippen molar-refractivity contribution in [3.8, 4) is 0 Å². The van der Waals surface area contributed by atoms with Crippen LogP contribution in [0.4, 0.5) is 0 Å². The van der Waals surface area contributed by atoms with Crippen LogP contribution in [-0.2, 0) is 81.3 Å². The molecule has 30 nitrogen and oxygen atoms in total. The monoisotopic (exact) mass is 1180 g/mol. The van der Waals surface area contributed by atoms with Crippen molar-refractivity contribution < 1.29 is 112 Å². The van der Waals surface area contributed by atoms with Gasteiger partial charge in [0.05, 0.1) is 39.6 Å². The molecule has 0 saturated carbocycles. The van der Waals surface area contributed by atoms with Gasteiger partial charge in [0, 0.05) is 51.6 Å². The van der Waals surface area contributed by atoms with Crippen LogP contribution in [0, 0.1) is 0 Å². The zero-order chi connectivity index (χ0) is 61.3. The number of carboxylic acids is 6. The second kappa shape index (κ2) is 48.6.